The highest BCUT2D eigenvalue weighted by atomic mass is 16.5. The van der Waals surface area contributed by atoms with Crippen molar-refractivity contribution in [2.75, 3.05) is 20.8 Å². The smallest absolute Gasteiger partial charge is 0.338 e. The lowest BCUT2D eigenvalue weighted by molar-refractivity contribution is 0.0598. The molecule has 0 N–H and O–H groups in total. The zero-order valence-corrected chi connectivity index (χ0v) is 21.0. The summed E-state index contributed by atoms with van der Waals surface area (Å²) in [6.07, 6.45) is 22.3. The molecule has 33 heavy (non-hydrogen) atoms. The second-order valence-corrected chi connectivity index (χ2v) is 8.52. The number of hydrogen-bond acceptors (Lipinski definition) is 5. The van der Waals surface area contributed by atoms with Gasteiger partial charge in [0.15, 0.2) is 0 Å². The summed E-state index contributed by atoms with van der Waals surface area (Å²) in [6, 6.07) is 4.64. The van der Waals surface area contributed by atoms with Crippen LogP contribution in [0.3, 0.4) is 0 Å². The van der Waals surface area contributed by atoms with E-state index in [1.165, 1.54) is 97.3 Å². The largest absolute Gasteiger partial charge is 0.494 e. The first-order valence-corrected chi connectivity index (χ1v) is 12.7. The predicted molar refractivity (Wildman–Crippen MR) is 134 cm³/mol. The minimum absolute atomic E-state index is 0.274. The Bertz CT molecular complexity index is 661. The van der Waals surface area contributed by atoms with Gasteiger partial charge in [0.1, 0.15) is 5.75 Å². The van der Waals surface area contributed by atoms with Crippen LogP contribution in [0.1, 0.15) is 118 Å². The van der Waals surface area contributed by atoms with Crippen molar-refractivity contribution in [2.24, 2.45) is 0 Å². The normalized spacial score (nSPS) is 11.0. The van der Waals surface area contributed by atoms with Gasteiger partial charge in [-0.25, -0.2) is 9.59 Å². The fourth-order valence-corrected chi connectivity index (χ4v) is 3.69. The lowest BCUT2D eigenvalue weighted by Crippen LogP contribution is -2.08. The molecule has 5 nitrogen and oxygen atoms in total. The molecule has 0 fully saturated rings. The molecule has 0 atom stereocenters. The minimum Gasteiger partial charge on any atom is -0.494 e. The molecule has 1 aromatic rings. The summed E-state index contributed by atoms with van der Waals surface area (Å²) in [7, 11) is 2.61. The maximum absolute atomic E-state index is 11.8. The van der Waals surface area contributed by atoms with Gasteiger partial charge < -0.3 is 14.2 Å². The number of benzene rings is 1. The van der Waals surface area contributed by atoms with E-state index in [9.17, 15) is 9.59 Å². The van der Waals surface area contributed by atoms with E-state index in [2.05, 4.69) is 19.1 Å². The van der Waals surface area contributed by atoms with Crippen LogP contribution in [0.2, 0.25) is 0 Å². The van der Waals surface area contributed by atoms with Gasteiger partial charge in [0.05, 0.1) is 32.0 Å². The summed E-state index contributed by atoms with van der Waals surface area (Å²) >= 11 is 0. The molecule has 0 amide bonds. The van der Waals surface area contributed by atoms with Gasteiger partial charge in [0.2, 0.25) is 0 Å². The Hall–Kier alpha value is -2.30. The zero-order chi connectivity index (χ0) is 24.2. The van der Waals surface area contributed by atoms with Crippen molar-refractivity contribution in [1.29, 1.82) is 0 Å². The maximum atomic E-state index is 11.8. The van der Waals surface area contributed by atoms with Gasteiger partial charge >= 0.3 is 11.9 Å². The number of methoxy groups -OCH3 is 2. The Morgan fingerprint density at radius 3 is 1.61 bits per heavy atom. The Kier molecular flexibility index (Phi) is 16.7. The quantitative estimate of drug-likeness (QED) is 0.120. The number of carbonyl (C=O) groups excluding carboxylic acids is 2. The van der Waals surface area contributed by atoms with Crippen LogP contribution in [0.4, 0.5) is 0 Å². The molecule has 0 saturated heterocycles. The number of carbonyl (C=O) groups is 2. The molecule has 0 bridgehead atoms. The van der Waals surface area contributed by atoms with E-state index in [4.69, 9.17) is 14.2 Å². The molecule has 1 aromatic carbocycles. The molecule has 0 aromatic heterocycles. The van der Waals surface area contributed by atoms with Crippen molar-refractivity contribution in [2.45, 2.75) is 96.8 Å². The number of rotatable bonds is 19. The SMILES string of the molecule is CCCCCCCCC=CCCCCCCCCOc1cc(C(=O)OC)cc(C(=O)OC)c1. The van der Waals surface area contributed by atoms with Crippen molar-refractivity contribution in [1.82, 2.24) is 0 Å². The first-order valence-electron chi connectivity index (χ1n) is 12.7. The van der Waals surface area contributed by atoms with E-state index in [1.54, 1.807) is 12.1 Å². The lowest BCUT2D eigenvalue weighted by atomic mass is 10.1. The molecular weight excluding hydrogens is 416 g/mol. The lowest BCUT2D eigenvalue weighted by Gasteiger charge is -2.10. The number of ether oxygens (including phenoxy) is 3. The molecule has 0 aliphatic heterocycles. The van der Waals surface area contributed by atoms with Gasteiger partial charge in [-0.05, 0) is 50.3 Å². The molecular formula is C28H44O5. The topological polar surface area (TPSA) is 61.8 Å². The fraction of sp³-hybridized carbons (Fsp3) is 0.643. The highest BCUT2D eigenvalue weighted by Gasteiger charge is 2.14. The molecule has 5 heteroatoms. The zero-order valence-electron chi connectivity index (χ0n) is 21.0. The van der Waals surface area contributed by atoms with E-state index >= 15 is 0 Å². The van der Waals surface area contributed by atoms with Crippen LogP contribution in [0, 0.1) is 0 Å². The van der Waals surface area contributed by atoms with Crippen LogP contribution >= 0.6 is 0 Å². The van der Waals surface area contributed by atoms with Gasteiger partial charge in [-0.1, -0.05) is 76.9 Å². The average molecular weight is 461 g/mol. The molecule has 0 saturated carbocycles. The number of unbranched alkanes of at least 4 members (excludes halogenated alkanes) is 12. The van der Waals surface area contributed by atoms with E-state index in [0.717, 1.165) is 12.8 Å². The van der Waals surface area contributed by atoms with Crippen molar-refractivity contribution >= 4 is 11.9 Å². The third kappa shape index (κ3) is 13.8. The Labute approximate surface area is 200 Å². The summed E-state index contributed by atoms with van der Waals surface area (Å²) in [5.74, 6) is -0.545. The van der Waals surface area contributed by atoms with Crippen molar-refractivity contribution in [3.8, 4) is 5.75 Å². The van der Waals surface area contributed by atoms with Crippen molar-refractivity contribution in [3.05, 3.63) is 41.5 Å². The molecule has 0 heterocycles. The summed E-state index contributed by atoms with van der Waals surface area (Å²) in [5.41, 5.74) is 0.549. The third-order valence-corrected chi connectivity index (χ3v) is 5.67. The van der Waals surface area contributed by atoms with Crippen LogP contribution in [0.25, 0.3) is 0 Å². The highest BCUT2D eigenvalue weighted by Crippen LogP contribution is 2.20. The van der Waals surface area contributed by atoms with Gasteiger partial charge in [-0.15, -0.1) is 0 Å². The molecule has 0 radical (unpaired) electrons. The fourth-order valence-electron chi connectivity index (χ4n) is 3.69. The number of esters is 2. The van der Waals surface area contributed by atoms with E-state index in [0.29, 0.717) is 12.4 Å². The van der Waals surface area contributed by atoms with Crippen LogP contribution < -0.4 is 4.74 Å². The van der Waals surface area contributed by atoms with E-state index < -0.39 is 11.9 Å². The van der Waals surface area contributed by atoms with Crippen molar-refractivity contribution < 1.29 is 23.8 Å². The highest BCUT2D eigenvalue weighted by molar-refractivity contribution is 5.96. The van der Waals surface area contributed by atoms with E-state index in [1.807, 2.05) is 0 Å². The standard InChI is InChI=1S/C28H44O5/c1-4-5-6-7-8-9-10-11-12-13-14-15-16-17-18-19-20-33-26-22-24(27(29)31-2)21-25(23-26)28(30)32-3/h11-12,21-23H,4-10,13-20H2,1-3H3. The Balaban J connectivity index is 2.11. The molecule has 0 unspecified atom stereocenters. The third-order valence-electron chi connectivity index (χ3n) is 5.67. The summed E-state index contributed by atoms with van der Waals surface area (Å²) in [5, 5.41) is 0. The molecule has 0 aliphatic carbocycles. The van der Waals surface area contributed by atoms with Gasteiger partial charge in [0.25, 0.3) is 0 Å². The average Bonchev–Trinajstić information content (AvgIpc) is 2.84. The maximum Gasteiger partial charge on any atom is 0.338 e. The number of hydrogen-bond donors (Lipinski definition) is 0. The first-order chi connectivity index (χ1) is 16.1. The Morgan fingerprint density at radius 1 is 0.667 bits per heavy atom. The monoisotopic (exact) mass is 460 g/mol. The van der Waals surface area contributed by atoms with Gasteiger partial charge in [0, 0.05) is 0 Å². The van der Waals surface area contributed by atoms with Crippen LogP contribution in [-0.4, -0.2) is 32.8 Å². The summed E-state index contributed by atoms with van der Waals surface area (Å²) in [4.78, 5) is 23.7. The van der Waals surface area contributed by atoms with E-state index in [-0.39, 0.29) is 11.1 Å². The number of allylic oxidation sites excluding steroid dienone is 2. The van der Waals surface area contributed by atoms with Crippen LogP contribution in [0.5, 0.6) is 5.75 Å². The molecule has 186 valence electrons. The van der Waals surface area contributed by atoms with Crippen molar-refractivity contribution in [3.63, 3.8) is 0 Å². The summed E-state index contributed by atoms with van der Waals surface area (Å²) < 4.78 is 15.3. The van der Waals surface area contributed by atoms with Crippen LogP contribution in [0.15, 0.2) is 30.4 Å². The molecule has 1 rings (SSSR count). The molecule has 0 aliphatic rings. The van der Waals surface area contributed by atoms with Gasteiger partial charge in [-0.2, -0.15) is 0 Å². The van der Waals surface area contributed by atoms with Crippen LogP contribution in [-0.2, 0) is 9.47 Å². The minimum atomic E-state index is -0.511. The second kappa shape index (κ2) is 19.2. The second-order valence-electron chi connectivity index (χ2n) is 8.52. The summed E-state index contributed by atoms with van der Waals surface area (Å²) in [6.45, 7) is 2.81. The molecule has 0 spiro atoms. The Morgan fingerprint density at radius 2 is 1.12 bits per heavy atom. The van der Waals surface area contributed by atoms with Gasteiger partial charge in [-0.3, -0.25) is 0 Å². The predicted octanol–water partition coefficient (Wildman–Crippen LogP) is 7.68. The first kappa shape index (κ1) is 28.7.